The van der Waals surface area contributed by atoms with E-state index < -0.39 is 5.82 Å². The van der Waals surface area contributed by atoms with Gasteiger partial charge in [0.2, 0.25) is 0 Å². The van der Waals surface area contributed by atoms with E-state index in [1.165, 1.54) is 29.2 Å². The van der Waals surface area contributed by atoms with E-state index in [0.29, 0.717) is 17.7 Å². The van der Waals surface area contributed by atoms with Gasteiger partial charge in [-0.2, -0.15) is 0 Å². The molecular weight excluding hydrogens is 331 g/mol. The van der Waals surface area contributed by atoms with Gasteiger partial charge in [-0.1, -0.05) is 24.3 Å². The summed E-state index contributed by atoms with van der Waals surface area (Å²) in [5.74, 6) is -1.01. The summed E-state index contributed by atoms with van der Waals surface area (Å²) in [5.41, 5.74) is 1.68. The minimum Gasteiger partial charge on any atom is -0.336 e. The topological polar surface area (TPSA) is 50.3 Å². The van der Waals surface area contributed by atoms with Crippen molar-refractivity contribution in [2.45, 2.75) is 6.54 Å². The van der Waals surface area contributed by atoms with Gasteiger partial charge in [0.05, 0.1) is 17.8 Å². The smallest absolute Gasteiger partial charge is 0.254 e. The Morgan fingerprint density at radius 1 is 0.923 bits per heavy atom. The zero-order chi connectivity index (χ0) is 18.5. The average Bonchev–Trinajstić information content (AvgIpc) is 2.68. The number of benzene rings is 2. The molecule has 130 valence electrons. The van der Waals surface area contributed by atoms with E-state index in [1.807, 2.05) is 18.2 Å². The Morgan fingerprint density at radius 2 is 1.58 bits per heavy atom. The molecule has 0 fully saturated rings. The van der Waals surface area contributed by atoms with Gasteiger partial charge in [0.15, 0.2) is 5.78 Å². The molecule has 0 saturated carbocycles. The number of halogens is 1. The molecule has 0 unspecified atom stereocenters. The normalized spacial score (nSPS) is 10.4. The van der Waals surface area contributed by atoms with Crippen molar-refractivity contribution in [3.05, 3.63) is 101 Å². The summed E-state index contributed by atoms with van der Waals surface area (Å²) < 4.78 is 13.1. The van der Waals surface area contributed by atoms with Crippen LogP contribution in [0.3, 0.4) is 0 Å². The lowest BCUT2D eigenvalue weighted by Gasteiger charge is -2.18. The molecule has 0 bridgehead atoms. The quantitative estimate of drug-likeness (QED) is 0.660. The summed E-state index contributed by atoms with van der Waals surface area (Å²) in [5, 5.41) is 0. The predicted molar refractivity (Wildman–Crippen MR) is 96.3 cm³/mol. The molecule has 1 aromatic heterocycles. The Hall–Kier alpha value is -3.34. The average molecular weight is 348 g/mol. The fourth-order valence-corrected chi connectivity index (χ4v) is 2.64. The molecule has 0 spiro atoms. The summed E-state index contributed by atoms with van der Waals surface area (Å²) in [4.78, 5) is 31.3. The number of carbonyl (C=O) groups is 2. The zero-order valence-electron chi connectivity index (χ0n) is 14.2. The molecule has 2 aromatic carbocycles. The van der Waals surface area contributed by atoms with Gasteiger partial charge in [0, 0.05) is 24.4 Å². The maximum atomic E-state index is 13.1. The number of hydrogen-bond donors (Lipinski definition) is 0. The minimum absolute atomic E-state index is 0.276. The van der Waals surface area contributed by atoms with Crippen molar-refractivity contribution >= 4 is 11.7 Å². The highest BCUT2D eigenvalue weighted by molar-refractivity contribution is 6.15. The summed E-state index contributed by atoms with van der Waals surface area (Å²) in [6.07, 6.45) is 1.67. The molecule has 26 heavy (non-hydrogen) atoms. The van der Waals surface area contributed by atoms with Crippen molar-refractivity contribution in [2.24, 2.45) is 0 Å². The second-order valence-electron chi connectivity index (χ2n) is 5.86. The number of amides is 1. The molecule has 0 aliphatic rings. The molecule has 4 nitrogen and oxygen atoms in total. The molecule has 0 aliphatic carbocycles. The number of nitrogens with zero attached hydrogens (tertiary/aromatic N) is 2. The van der Waals surface area contributed by atoms with Crippen LogP contribution in [-0.4, -0.2) is 28.6 Å². The highest BCUT2D eigenvalue weighted by Crippen LogP contribution is 2.17. The largest absolute Gasteiger partial charge is 0.336 e. The van der Waals surface area contributed by atoms with Gasteiger partial charge in [-0.3, -0.25) is 14.6 Å². The number of rotatable bonds is 5. The van der Waals surface area contributed by atoms with Crippen LogP contribution in [0.15, 0.2) is 72.9 Å². The van der Waals surface area contributed by atoms with Crippen LogP contribution in [0, 0.1) is 5.82 Å². The molecule has 3 rings (SSSR count). The van der Waals surface area contributed by atoms with E-state index in [2.05, 4.69) is 4.98 Å². The predicted octanol–water partition coefficient (Wildman–Crippen LogP) is 3.72. The molecular formula is C21H17FN2O2. The summed E-state index contributed by atoms with van der Waals surface area (Å²) in [7, 11) is 1.66. The van der Waals surface area contributed by atoms with Crippen molar-refractivity contribution in [3.63, 3.8) is 0 Å². The van der Waals surface area contributed by atoms with Gasteiger partial charge in [-0.25, -0.2) is 4.39 Å². The lowest BCUT2D eigenvalue weighted by atomic mass is 9.97. The third-order valence-corrected chi connectivity index (χ3v) is 3.98. The number of pyridine rings is 1. The molecule has 1 amide bonds. The van der Waals surface area contributed by atoms with E-state index in [4.69, 9.17) is 0 Å². The Balaban J connectivity index is 1.87. The maximum absolute atomic E-state index is 13.1. The highest BCUT2D eigenvalue weighted by Gasteiger charge is 2.21. The van der Waals surface area contributed by atoms with Crippen LogP contribution in [0.4, 0.5) is 4.39 Å². The second kappa shape index (κ2) is 7.70. The lowest BCUT2D eigenvalue weighted by molar-refractivity contribution is 0.0779. The molecule has 0 atom stereocenters. The third kappa shape index (κ3) is 3.83. The first kappa shape index (κ1) is 17.5. The van der Waals surface area contributed by atoms with Gasteiger partial charge in [0.25, 0.3) is 5.91 Å². The van der Waals surface area contributed by atoms with Gasteiger partial charge in [0.1, 0.15) is 5.82 Å². The van der Waals surface area contributed by atoms with E-state index in [0.717, 1.165) is 5.69 Å². The number of ketones is 1. The van der Waals surface area contributed by atoms with E-state index in [9.17, 15) is 14.0 Å². The summed E-state index contributed by atoms with van der Waals surface area (Å²) in [6, 6.07) is 17.4. The van der Waals surface area contributed by atoms with Crippen LogP contribution in [0.25, 0.3) is 0 Å². The first-order valence-corrected chi connectivity index (χ1v) is 8.11. The van der Waals surface area contributed by atoms with Gasteiger partial charge >= 0.3 is 0 Å². The van der Waals surface area contributed by atoms with Crippen LogP contribution in [0.5, 0.6) is 0 Å². The standard InChI is InChI=1S/C21H17FN2O2/c1-24(14-17-6-4-5-13-23-17)21(26)19-8-3-2-7-18(19)20(25)15-9-11-16(22)12-10-15/h2-13H,14H2,1H3. The van der Waals surface area contributed by atoms with Crippen molar-refractivity contribution in [1.29, 1.82) is 0 Å². The molecule has 0 radical (unpaired) electrons. The Kier molecular flexibility index (Phi) is 5.17. The van der Waals surface area contributed by atoms with Crippen LogP contribution in [0.2, 0.25) is 0 Å². The van der Waals surface area contributed by atoms with E-state index in [1.54, 1.807) is 37.5 Å². The Bertz CT molecular complexity index is 924. The minimum atomic E-state index is -0.416. The van der Waals surface area contributed by atoms with Crippen LogP contribution in [0.1, 0.15) is 32.0 Å². The molecule has 5 heteroatoms. The molecule has 0 aliphatic heterocycles. The Morgan fingerprint density at radius 3 is 2.23 bits per heavy atom. The molecule has 0 N–H and O–H groups in total. The summed E-state index contributed by atoms with van der Waals surface area (Å²) >= 11 is 0. The molecule has 3 aromatic rings. The maximum Gasteiger partial charge on any atom is 0.254 e. The number of aromatic nitrogens is 1. The van der Waals surface area contributed by atoms with Gasteiger partial charge in [-0.05, 0) is 42.5 Å². The molecule has 0 saturated heterocycles. The van der Waals surface area contributed by atoms with Crippen molar-refractivity contribution in [3.8, 4) is 0 Å². The first-order chi connectivity index (χ1) is 12.6. The Labute approximate surface area is 150 Å². The van der Waals surface area contributed by atoms with Crippen LogP contribution in [-0.2, 0) is 6.54 Å². The van der Waals surface area contributed by atoms with Crippen molar-refractivity contribution in [1.82, 2.24) is 9.88 Å². The highest BCUT2D eigenvalue weighted by atomic mass is 19.1. The van der Waals surface area contributed by atoms with Crippen LogP contribution >= 0.6 is 0 Å². The van der Waals surface area contributed by atoms with E-state index in [-0.39, 0.29) is 17.3 Å². The monoisotopic (exact) mass is 348 g/mol. The SMILES string of the molecule is CN(Cc1ccccn1)C(=O)c1ccccc1C(=O)c1ccc(F)cc1. The summed E-state index contributed by atoms with van der Waals surface area (Å²) in [6.45, 7) is 0.332. The second-order valence-corrected chi connectivity index (χ2v) is 5.86. The fraction of sp³-hybridized carbons (Fsp3) is 0.0952. The lowest BCUT2D eigenvalue weighted by Crippen LogP contribution is -2.28. The van der Waals surface area contributed by atoms with Gasteiger partial charge in [-0.15, -0.1) is 0 Å². The van der Waals surface area contributed by atoms with Crippen molar-refractivity contribution in [2.75, 3.05) is 7.05 Å². The third-order valence-electron chi connectivity index (χ3n) is 3.98. The fourth-order valence-electron chi connectivity index (χ4n) is 2.64. The van der Waals surface area contributed by atoms with Crippen LogP contribution < -0.4 is 0 Å². The first-order valence-electron chi connectivity index (χ1n) is 8.11. The number of hydrogen-bond acceptors (Lipinski definition) is 3. The van der Waals surface area contributed by atoms with E-state index >= 15 is 0 Å². The van der Waals surface area contributed by atoms with Crippen molar-refractivity contribution < 1.29 is 14.0 Å². The molecule has 1 heterocycles. The zero-order valence-corrected chi connectivity index (χ0v) is 14.2. The van der Waals surface area contributed by atoms with Gasteiger partial charge < -0.3 is 4.90 Å². The number of carbonyl (C=O) groups excluding carboxylic acids is 2.